The maximum atomic E-state index is 8.86. The summed E-state index contributed by atoms with van der Waals surface area (Å²) in [5.41, 5.74) is 0. The third kappa shape index (κ3) is 4.37. The fraction of sp³-hybridized carbons (Fsp3) is 1.00. The van der Waals surface area contributed by atoms with E-state index < -0.39 is 6.29 Å². The van der Waals surface area contributed by atoms with Crippen molar-refractivity contribution in [3.8, 4) is 0 Å². The Morgan fingerprint density at radius 3 is 2.93 bits per heavy atom. The summed E-state index contributed by atoms with van der Waals surface area (Å²) >= 11 is 0. The van der Waals surface area contributed by atoms with Crippen LogP contribution in [0, 0.1) is 0 Å². The van der Waals surface area contributed by atoms with Gasteiger partial charge in [-0.25, -0.2) is 0 Å². The number of hydrogen-bond acceptors (Lipinski definition) is 4. The molecular formula is C10H22N2O2. The van der Waals surface area contributed by atoms with E-state index in [4.69, 9.17) is 10.2 Å². The molecule has 1 fully saturated rings. The average molecular weight is 202 g/mol. The second kappa shape index (κ2) is 6.35. The largest absolute Gasteiger partial charge is 0.367 e. The third-order valence-electron chi connectivity index (χ3n) is 2.67. The van der Waals surface area contributed by atoms with Gasteiger partial charge in [0.25, 0.3) is 0 Å². The van der Waals surface area contributed by atoms with Crippen LogP contribution in [0.25, 0.3) is 0 Å². The quantitative estimate of drug-likeness (QED) is 0.539. The van der Waals surface area contributed by atoms with Gasteiger partial charge in [0, 0.05) is 32.2 Å². The van der Waals surface area contributed by atoms with Crippen molar-refractivity contribution in [2.24, 2.45) is 0 Å². The van der Waals surface area contributed by atoms with Gasteiger partial charge < -0.3 is 15.5 Å². The van der Waals surface area contributed by atoms with Crippen molar-refractivity contribution >= 4 is 0 Å². The van der Waals surface area contributed by atoms with E-state index in [0.717, 1.165) is 19.6 Å². The predicted molar refractivity (Wildman–Crippen MR) is 56.0 cm³/mol. The molecule has 14 heavy (non-hydrogen) atoms. The number of aliphatic hydroxyl groups is 2. The van der Waals surface area contributed by atoms with Crippen molar-refractivity contribution in [1.82, 2.24) is 10.2 Å². The Hall–Kier alpha value is -0.160. The van der Waals surface area contributed by atoms with Crippen molar-refractivity contribution in [3.05, 3.63) is 0 Å². The molecule has 3 N–H and O–H groups in total. The number of piperazine rings is 1. The maximum Gasteiger partial charge on any atom is 0.164 e. The maximum absolute atomic E-state index is 8.86. The van der Waals surface area contributed by atoms with Crippen molar-refractivity contribution < 1.29 is 10.2 Å². The lowest BCUT2D eigenvalue weighted by atomic mass is 10.1. The minimum Gasteiger partial charge on any atom is -0.367 e. The van der Waals surface area contributed by atoms with Gasteiger partial charge in [-0.1, -0.05) is 19.8 Å². The Labute approximate surface area is 85.9 Å². The van der Waals surface area contributed by atoms with E-state index in [9.17, 15) is 0 Å². The van der Waals surface area contributed by atoms with Gasteiger partial charge >= 0.3 is 0 Å². The predicted octanol–water partition coefficient (Wildman–Crippen LogP) is -0.239. The lowest BCUT2D eigenvalue weighted by molar-refractivity contribution is -0.0648. The monoisotopic (exact) mass is 202 g/mol. The Bertz CT molecular complexity index is 153. The summed E-state index contributed by atoms with van der Waals surface area (Å²) in [7, 11) is 0. The van der Waals surface area contributed by atoms with Gasteiger partial charge in [0.05, 0.1) is 0 Å². The molecule has 1 aliphatic heterocycles. The molecule has 0 aromatic heterocycles. The molecule has 0 radical (unpaired) electrons. The number of nitrogens with one attached hydrogen (secondary N) is 1. The number of hydrogen-bond donors (Lipinski definition) is 3. The van der Waals surface area contributed by atoms with Crippen LogP contribution in [-0.4, -0.2) is 53.6 Å². The molecular weight excluding hydrogens is 180 g/mol. The second-order valence-corrected chi connectivity index (χ2v) is 4.03. The van der Waals surface area contributed by atoms with Crippen molar-refractivity contribution in [2.75, 3.05) is 26.2 Å². The van der Waals surface area contributed by atoms with E-state index in [1.165, 1.54) is 19.3 Å². The lowest BCUT2D eigenvalue weighted by Crippen LogP contribution is -2.52. The fourth-order valence-electron chi connectivity index (χ4n) is 1.93. The molecule has 0 saturated carbocycles. The van der Waals surface area contributed by atoms with Gasteiger partial charge in [-0.15, -0.1) is 0 Å². The van der Waals surface area contributed by atoms with E-state index in [1.807, 2.05) is 0 Å². The zero-order valence-corrected chi connectivity index (χ0v) is 8.95. The number of nitrogens with zero attached hydrogens (tertiary/aromatic N) is 1. The summed E-state index contributed by atoms with van der Waals surface area (Å²) in [6.07, 6.45) is 2.46. The second-order valence-electron chi connectivity index (χ2n) is 4.03. The first-order valence-corrected chi connectivity index (χ1v) is 5.54. The minimum atomic E-state index is -1.19. The van der Waals surface area contributed by atoms with Crippen LogP contribution in [0.1, 0.15) is 26.2 Å². The van der Waals surface area contributed by atoms with Crippen LogP contribution in [0.15, 0.2) is 0 Å². The Morgan fingerprint density at radius 1 is 1.50 bits per heavy atom. The normalized spacial score (nSPS) is 24.4. The number of rotatable bonds is 5. The molecule has 1 atom stereocenters. The average Bonchev–Trinajstić information content (AvgIpc) is 2.14. The summed E-state index contributed by atoms with van der Waals surface area (Å²) < 4.78 is 0. The third-order valence-corrected chi connectivity index (χ3v) is 2.67. The molecule has 1 rings (SSSR count). The molecule has 1 heterocycles. The molecule has 84 valence electrons. The number of unbranched alkanes of at least 4 members (excludes halogenated alkanes) is 1. The molecule has 0 amide bonds. The summed E-state index contributed by atoms with van der Waals surface area (Å²) in [6, 6.07) is 0.530. The van der Waals surface area contributed by atoms with Gasteiger partial charge in [0.15, 0.2) is 6.29 Å². The van der Waals surface area contributed by atoms with Crippen LogP contribution in [0.2, 0.25) is 0 Å². The van der Waals surface area contributed by atoms with Crippen LogP contribution in [-0.2, 0) is 0 Å². The summed E-state index contributed by atoms with van der Waals surface area (Å²) in [5.74, 6) is 0. The molecule has 4 heteroatoms. The summed E-state index contributed by atoms with van der Waals surface area (Å²) in [6.45, 7) is 5.39. The molecule has 0 aliphatic carbocycles. The van der Waals surface area contributed by atoms with Crippen LogP contribution in [0.4, 0.5) is 0 Å². The number of β-amino-alcohol motifs (C(OH)–C–C–N with tert-alkyl or cyclic N) is 2. The van der Waals surface area contributed by atoms with Crippen LogP contribution in [0.3, 0.4) is 0 Å². The van der Waals surface area contributed by atoms with Gasteiger partial charge in [-0.2, -0.15) is 0 Å². The van der Waals surface area contributed by atoms with Gasteiger partial charge in [-0.3, -0.25) is 4.90 Å². The molecule has 0 bridgehead atoms. The first-order valence-electron chi connectivity index (χ1n) is 5.54. The van der Waals surface area contributed by atoms with E-state index in [1.54, 1.807) is 0 Å². The molecule has 1 aliphatic rings. The van der Waals surface area contributed by atoms with Crippen molar-refractivity contribution in [3.63, 3.8) is 0 Å². The smallest absolute Gasteiger partial charge is 0.164 e. The highest BCUT2D eigenvalue weighted by atomic mass is 16.5. The molecule has 1 unspecified atom stereocenters. The van der Waals surface area contributed by atoms with E-state index >= 15 is 0 Å². The standard InChI is InChI=1S/C10H22N2O2/c1-2-3-4-9-7-12(6-5-11-9)8-10(13)14/h9-11,13-14H,2-8H2,1H3. The topological polar surface area (TPSA) is 55.7 Å². The van der Waals surface area contributed by atoms with Gasteiger partial charge in [0.2, 0.25) is 0 Å². The Kier molecular flexibility index (Phi) is 5.40. The first kappa shape index (κ1) is 11.9. The SMILES string of the molecule is CCCCC1CN(CC(O)O)CCN1. The van der Waals surface area contributed by atoms with Crippen molar-refractivity contribution in [1.29, 1.82) is 0 Å². The van der Waals surface area contributed by atoms with Gasteiger partial charge in [0.1, 0.15) is 0 Å². The van der Waals surface area contributed by atoms with E-state index in [0.29, 0.717) is 12.6 Å². The highest BCUT2D eigenvalue weighted by Crippen LogP contribution is 2.06. The van der Waals surface area contributed by atoms with Crippen LogP contribution < -0.4 is 5.32 Å². The summed E-state index contributed by atoms with van der Waals surface area (Å²) in [5, 5.41) is 21.2. The molecule has 0 aromatic rings. The zero-order chi connectivity index (χ0) is 10.4. The Balaban J connectivity index is 2.21. The fourth-order valence-corrected chi connectivity index (χ4v) is 1.93. The lowest BCUT2D eigenvalue weighted by Gasteiger charge is -2.34. The summed E-state index contributed by atoms with van der Waals surface area (Å²) in [4.78, 5) is 2.11. The van der Waals surface area contributed by atoms with Crippen LogP contribution >= 0.6 is 0 Å². The highest BCUT2D eigenvalue weighted by Gasteiger charge is 2.19. The molecule has 0 aromatic carbocycles. The zero-order valence-electron chi connectivity index (χ0n) is 8.95. The van der Waals surface area contributed by atoms with Crippen molar-refractivity contribution in [2.45, 2.75) is 38.5 Å². The number of aliphatic hydroxyl groups excluding tert-OH is 1. The molecule has 1 saturated heterocycles. The van der Waals surface area contributed by atoms with Crippen LogP contribution in [0.5, 0.6) is 0 Å². The molecule has 0 spiro atoms. The first-order chi connectivity index (χ1) is 6.72. The molecule has 4 nitrogen and oxygen atoms in total. The van der Waals surface area contributed by atoms with E-state index in [-0.39, 0.29) is 0 Å². The minimum absolute atomic E-state index is 0.379. The Morgan fingerprint density at radius 2 is 2.29 bits per heavy atom. The van der Waals surface area contributed by atoms with E-state index in [2.05, 4.69) is 17.1 Å². The van der Waals surface area contributed by atoms with Gasteiger partial charge in [-0.05, 0) is 6.42 Å². The highest BCUT2D eigenvalue weighted by molar-refractivity contribution is 4.78.